The van der Waals surface area contributed by atoms with Gasteiger partial charge in [-0.05, 0) is 55.4 Å². The lowest BCUT2D eigenvalue weighted by Crippen LogP contribution is -3.15. The summed E-state index contributed by atoms with van der Waals surface area (Å²) >= 11 is 0. The van der Waals surface area contributed by atoms with Crippen molar-refractivity contribution >= 4 is 15.9 Å². The Kier molecular flexibility index (Phi) is 6.32. The number of fused-ring (bicyclic) bond motifs is 1. The minimum Gasteiger partial charge on any atom is -0.351 e. The van der Waals surface area contributed by atoms with Gasteiger partial charge in [-0.15, -0.1) is 0 Å². The standard InChI is InChI=1S/C19H29N3O3S/c1-2-9-20-19(23)15-21-10-12-22(13-11-21)26(24,25)18-8-7-16-5-3-4-6-17(16)14-18/h7-8,14H,2-6,9-13,15H2,1H3,(H,20,23)/p+1. The normalized spacial score (nSPS) is 19.1. The first kappa shape index (κ1) is 19.3. The Morgan fingerprint density at radius 3 is 2.54 bits per heavy atom. The van der Waals surface area contributed by atoms with E-state index in [-0.39, 0.29) is 5.91 Å². The fourth-order valence-corrected chi connectivity index (χ4v) is 5.29. The lowest BCUT2D eigenvalue weighted by molar-refractivity contribution is -0.895. The molecule has 3 rings (SSSR count). The molecule has 2 N–H and O–H groups in total. The van der Waals surface area contributed by atoms with E-state index in [1.54, 1.807) is 10.4 Å². The summed E-state index contributed by atoms with van der Waals surface area (Å²) in [6.07, 6.45) is 5.28. The quantitative estimate of drug-likeness (QED) is 0.729. The molecule has 6 nitrogen and oxygen atoms in total. The van der Waals surface area contributed by atoms with E-state index < -0.39 is 10.0 Å². The first-order valence-corrected chi connectivity index (χ1v) is 11.2. The molecule has 1 aliphatic heterocycles. The number of amides is 1. The molecule has 1 aliphatic carbocycles. The molecular formula is C19H30N3O3S+. The van der Waals surface area contributed by atoms with E-state index in [1.807, 2.05) is 19.1 Å². The van der Waals surface area contributed by atoms with Crippen LogP contribution < -0.4 is 10.2 Å². The van der Waals surface area contributed by atoms with Crippen LogP contribution in [0.2, 0.25) is 0 Å². The smallest absolute Gasteiger partial charge is 0.275 e. The molecule has 1 heterocycles. The van der Waals surface area contributed by atoms with Crippen LogP contribution in [0.25, 0.3) is 0 Å². The van der Waals surface area contributed by atoms with Crippen molar-refractivity contribution in [1.82, 2.24) is 9.62 Å². The van der Waals surface area contributed by atoms with Crippen LogP contribution in [0, 0.1) is 0 Å². The molecular weight excluding hydrogens is 350 g/mol. The lowest BCUT2D eigenvalue weighted by Gasteiger charge is -2.31. The van der Waals surface area contributed by atoms with Crippen molar-refractivity contribution in [2.75, 3.05) is 39.3 Å². The number of carbonyl (C=O) groups excluding carboxylic acids is 1. The van der Waals surface area contributed by atoms with Gasteiger partial charge in [-0.3, -0.25) is 4.79 Å². The van der Waals surface area contributed by atoms with Crippen molar-refractivity contribution in [3.05, 3.63) is 29.3 Å². The van der Waals surface area contributed by atoms with Crippen LogP contribution in [0.3, 0.4) is 0 Å². The van der Waals surface area contributed by atoms with Crippen molar-refractivity contribution in [2.24, 2.45) is 0 Å². The highest BCUT2D eigenvalue weighted by Gasteiger charge is 2.31. The number of sulfonamides is 1. The number of benzene rings is 1. The van der Waals surface area contributed by atoms with Gasteiger partial charge in [0, 0.05) is 6.54 Å². The second-order valence-corrected chi connectivity index (χ2v) is 9.26. The number of aryl methyl sites for hydroxylation is 2. The predicted octanol–water partition coefficient (Wildman–Crippen LogP) is -0.0192. The van der Waals surface area contributed by atoms with Gasteiger partial charge in [-0.1, -0.05) is 13.0 Å². The third-order valence-electron chi connectivity index (χ3n) is 5.37. The molecule has 1 aromatic carbocycles. The molecule has 144 valence electrons. The number of carbonyl (C=O) groups is 1. The minimum absolute atomic E-state index is 0.0489. The number of piperazine rings is 1. The Balaban J connectivity index is 1.60. The van der Waals surface area contributed by atoms with Gasteiger partial charge in [0.1, 0.15) is 0 Å². The van der Waals surface area contributed by atoms with Crippen LogP contribution in [0.4, 0.5) is 0 Å². The number of hydrogen-bond acceptors (Lipinski definition) is 3. The van der Waals surface area contributed by atoms with Crippen molar-refractivity contribution in [3.8, 4) is 0 Å². The Labute approximate surface area is 156 Å². The van der Waals surface area contributed by atoms with E-state index >= 15 is 0 Å². The number of quaternary nitrogens is 1. The van der Waals surface area contributed by atoms with Crippen LogP contribution >= 0.6 is 0 Å². The summed E-state index contributed by atoms with van der Waals surface area (Å²) in [4.78, 5) is 13.4. The molecule has 1 aromatic rings. The van der Waals surface area contributed by atoms with Crippen LogP contribution in [0.5, 0.6) is 0 Å². The zero-order valence-corrected chi connectivity index (χ0v) is 16.4. The summed E-state index contributed by atoms with van der Waals surface area (Å²) < 4.78 is 27.5. The molecule has 1 amide bonds. The van der Waals surface area contributed by atoms with Crippen molar-refractivity contribution < 1.29 is 18.1 Å². The van der Waals surface area contributed by atoms with Gasteiger partial charge in [0.2, 0.25) is 10.0 Å². The Hall–Kier alpha value is -1.44. The summed E-state index contributed by atoms with van der Waals surface area (Å²) in [5.41, 5.74) is 2.48. The molecule has 0 atom stereocenters. The molecule has 0 aromatic heterocycles. The van der Waals surface area contributed by atoms with Gasteiger partial charge >= 0.3 is 0 Å². The molecule has 0 unspecified atom stereocenters. The van der Waals surface area contributed by atoms with E-state index in [2.05, 4.69) is 5.32 Å². The minimum atomic E-state index is -3.44. The number of nitrogens with one attached hydrogen (secondary N) is 2. The number of nitrogens with zero attached hydrogens (tertiary/aromatic N) is 1. The number of rotatable bonds is 6. The Morgan fingerprint density at radius 2 is 1.85 bits per heavy atom. The molecule has 0 radical (unpaired) electrons. The monoisotopic (exact) mass is 380 g/mol. The fraction of sp³-hybridized carbons (Fsp3) is 0.632. The highest BCUT2D eigenvalue weighted by Crippen LogP contribution is 2.25. The summed E-state index contributed by atoms with van der Waals surface area (Å²) in [6, 6.07) is 5.62. The summed E-state index contributed by atoms with van der Waals surface area (Å²) in [7, 11) is -3.44. The van der Waals surface area contributed by atoms with Gasteiger partial charge in [0.15, 0.2) is 6.54 Å². The Morgan fingerprint density at radius 1 is 1.15 bits per heavy atom. The van der Waals surface area contributed by atoms with Crippen molar-refractivity contribution in [3.63, 3.8) is 0 Å². The van der Waals surface area contributed by atoms with Gasteiger partial charge in [-0.25, -0.2) is 8.42 Å². The first-order valence-electron chi connectivity index (χ1n) is 9.73. The molecule has 0 bridgehead atoms. The maximum absolute atomic E-state index is 13.0. The maximum Gasteiger partial charge on any atom is 0.275 e. The van der Waals surface area contributed by atoms with E-state index in [0.29, 0.717) is 44.2 Å². The molecule has 0 spiro atoms. The highest BCUT2D eigenvalue weighted by atomic mass is 32.2. The second-order valence-electron chi connectivity index (χ2n) is 7.32. The predicted molar refractivity (Wildman–Crippen MR) is 101 cm³/mol. The molecule has 1 saturated heterocycles. The zero-order chi connectivity index (χ0) is 18.6. The zero-order valence-electron chi connectivity index (χ0n) is 15.6. The summed E-state index contributed by atoms with van der Waals surface area (Å²) in [5, 5.41) is 2.88. The van der Waals surface area contributed by atoms with Gasteiger partial charge in [0.05, 0.1) is 31.1 Å². The van der Waals surface area contributed by atoms with Gasteiger partial charge < -0.3 is 10.2 Å². The molecule has 0 saturated carbocycles. The average Bonchev–Trinajstić information content (AvgIpc) is 2.66. The highest BCUT2D eigenvalue weighted by molar-refractivity contribution is 7.89. The maximum atomic E-state index is 13.0. The Bertz CT molecular complexity index is 740. The number of hydrogen-bond donors (Lipinski definition) is 2. The van der Waals surface area contributed by atoms with Crippen molar-refractivity contribution in [1.29, 1.82) is 0 Å². The van der Waals surface area contributed by atoms with Gasteiger partial charge in [-0.2, -0.15) is 4.31 Å². The van der Waals surface area contributed by atoms with E-state index in [1.165, 1.54) is 17.5 Å². The van der Waals surface area contributed by atoms with E-state index in [0.717, 1.165) is 30.6 Å². The third-order valence-corrected chi connectivity index (χ3v) is 7.26. The topological polar surface area (TPSA) is 70.9 Å². The van der Waals surface area contributed by atoms with E-state index in [9.17, 15) is 13.2 Å². The van der Waals surface area contributed by atoms with Crippen LogP contribution in [0.1, 0.15) is 37.3 Å². The molecule has 26 heavy (non-hydrogen) atoms. The molecule has 2 aliphatic rings. The first-order chi connectivity index (χ1) is 12.5. The van der Waals surface area contributed by atoms with Gasteiger partial charge in [0.25, 0.3) is 5.91 Å². The third kappa shape index (κ3) is 4.45. The molecule has 1 fully saturated rings. The fourth-order valence-electron chi connectivity index (χ4n) is 3.79. The summed E-state index contributed by atoms with van der Waals surface area (Å²) in [5.74, 6) is 0.0489. The van der Waals surface area contributed by atoms with Crippen LogP contribution in [0.15, 0.2) is 23.1 Å². The second kappa shape index (κ2) is 8.50. The summed E-state index contributed by atoms with van der Waals surface area (Å²) in [6.45, 7) is 5.42. The lowest BCUT2D eigenvalue weighted by atomic mass is 9.92. The average molecular weight is 381 g/mol. The van der Waals surface area contributed by atoms with Crippen LogP contribution in [-0.4, -0.2) is 57.9 Å². The van der Waals surface area contributed by atoms with Crippen molar-refractivity contribution in [2.45, 2.75) is 43.9 Å². The molecule has 7 heteroatoms. The SMILES string of the molecule is CCCNC(=O)C[NH+]1CCN(S(=O)(=O)c2ccc3c(c2)CCCC3)CC1. The van der Waals surface area contributed by atoms with Crippen LogP contribution in [-0.2, 0) is 27.7 Å². The van der Waals surface area contributed by atoms with E-state index in [4.69, 9.17) is 0 Å². The largest absolute Gasteiger partial charge is 0.351 e.